The molecular formula is C13H18N4O2. The molecule has 0 aliphatic rings. The second-order valence-electron chi connectivity index (χ2n) is 4.19. The molecule has 0 amide bonds. The Kier molecular flexibility index (Phi) is 4.01. The average Bonchev–Trinajstić information content (AvgIpc) is 2.95. The molecule has 102 valence electrons. The minimum atomic E-state index is 0.0277. The predicted octanol–water partition coefficient (Wildman–Crippen LogP) is 2.13. The van der Waals surface area contributed by atoms with E-state index in [0.29, 0.717) is 11.9 Å². The number of aromatic nitrogens is 2. The molecule has 6 nitrogen and oxygen atoms in total. The van der Waals surface area contributed by atoms with Gasteiger partial charge in [0.25, 0.3) is 0 Å². The van der Waals surface area contributed by atoms with Gasteiger partial charge in [0.15, 0.2) is 0 Å². The van der Waals surface area contributed by atoms with E-state index in [0.717, 1.165) is 11.4 Å². The molecule has 1 unspecified atom stereocenters. The molecule has 1 atom stereocenters. The summed E-state index contributed by atoms with van der Waals surface area (Å²) in [5.41, 5.74) is 0.923. The number of nitrogens with one attached hydrogen (secondary N) is 1. The molecule has 0 radical (unpaired) electrons. The van der Waals surface area contributed by atoms with Gasteiger partial charge in [-0.2, -0.15) is 0 Å². The van der Waals surface area contributed by atoms with E-state index in [9.17, 15) is 0 Å². The Morgan fingerprint density at radius 1 is 1.37 bits per heavy atom. The third-order valence-electron chi connectivity index (χ3n) is 2.96. The zero-order chi connectivity index (χ0) is 13.8. The summed E-state index contributed by atoms with van der Waals surface area (Å²) in [6, 6.07) is 8.14. The quantitative estimate of drug-likeness (QED) is 0.890. The van der Waals surface area contributed by atoms with Gasteiger partial charge >= 0.3 is 6.01 Å². The summed E-state index contributed by atoms with van der Waals surface area (Å²) in [6.07, 6.45) is 0. The van der Waals surface area contributed by atoms with Gasteiger partial charge in [0.1, 0.15) is 5.75 Å². The summed E-state index contributed by atoms with van der Waals surface area (Å²) in [6.45, 7) is 1.96. The second-order valence-corrected chi connectivity index (χ2v) is 4.19. The molecule has 0 aliphatic heterocycles. The van der Waals surface area contributed by atoms with Crippen LogP contribution in [0.5, 0.6) is 5.75 Å². The van der Waals surface area contributed by atoms with Gasteiger partial charge < -0.3 is 14.5 Å². The highest BCUT2D eigenvalue weighted by Gasteiger charge is 2.16. The molecule has 1 heterocycles. The first-order chi connectivity index (χ1) is 9.15. The maximum absolute atomic E-state index is 5.63. The lowest BCUT2D eigenvalue weighted by molar-refractivity contribution is 0.414. The molecule has 1 N–H and O–H groups in total. The van der Waals surface area contributed by atoms with Crippen LogP contribution in [0.25, 0.3) is 0 Å². The minimum Gasteiger partial charge on any atom is -0.497 e. The second kappa shape index (κ2) is 5.71. The summed E-state index contributed by atoms with van der Waals surface area (Å²) in [5, 5.41) is 11.1. The van der Waals surface area contributed by atoms with Crippen LogP contribution in [0.15, 0.2) is 28.7 Å². The maximum atomic E-state index is 5.63. The van der Waals surface area contributed by atoms with E-state index < -0.39 is 0 Å². The zero-order valence-electron chi connectivity index (χ0n) is 11.5. The van der Waals surface area contributed by atoms with Gasteiger partial charge in [-0.1, -0.05) is 11.2 Å². The van der Waals surface area contributed by atoms with Crippen LogP contribution in [0.4, 0.5) is 11.7 Å². The summed E-state index contributed by atoms with van der Waals surface area (Å²) in [5.74, 6) is 1.35. The summed E-state index contributed by atoms with van der Waals surface area (Å²) in [7, 11) is 5.36. The van der Waals surface area contributed by atoms with Crippen molar-refractivity contribution in [3.63, 3.8) is 0 Å². The maximum Gasteiger partial charge on any atom is 0.322 e. The number of anilines is 2. The van der Waals surface area contributed by atoms with Crippen LogP contribution < -0.4 is 15.0 Å². The Labute approximate surface area is 112 Å². The van der Waals surface area contributed by atoms with E-state index in [4.69, 9.17) is 9.15 Å². The predicted molar refractivity (Wildman–Crippen MR) is 72.8 cm³/mol. The third-order valence-corrected chi connectivity index (χ3v) is 2.96. The Bertz CT molecular complexity index is 541. The lowest BCUT2D eigenvalue weighted by atomic mass is 10.3. The fourth-order valence-corrected chi connectivity index (χ4v) is 1.59. The van der Waals surface area contributed by atoms with Gasteiger partial charge in [-0.25, -0.2) is 0 Å². The number of methoxy groups -OCH3 is 1. The topological polar surface area (TPSA) is 63.4 Å². The molecule has 1 aromatic heterocycles. The standard InChI is InChI=1S/C13H18N4O2/c1-9(14-2)12-15-16-13(19-12)17(3)10-6-5-7-11(8-10)18-4/h5-9,14H,1-4H3. The molecule has 2 rings (SSSR count). The number of hydrogen-bond donors (Lipinski definition) is 1. The first-order valence-corrected chi connectivity index (χ1v) is 6.04. The number of nitrogens with zero attached hydrogens (tertiary/aromatic N) is 3. The Morgan fingerprint density at radius 3 is 2.84 bits per heavy atom. The number of ether oxygens (including phenoxy) is 1. The van der Waals surface area contributed by atoms with Gasteiger partial charge in [-0.15, -0.1) is 5.10 Å². The first-order valence-electron chi connectivity index (χ1n) is 6.04. The average molecular weight is 262 g/mol. The molecule has 2 aromatic rings. The van der Waals surface area contributed by atoms with Crippen LogP contribution in [0.1, 0.15) is 18.9 Å². The molecule has 19 heavy (non-hydrogen) atoms. The molecule has 6 heteroatoms. The van der Waals surface area contributed by atoms with Crippen molar-refractivity contribution in [2.45, 2.75) is 13.0 Å². The highest BCUT2D eigenvalue weighted by molar-refractivity contribution is 5.57. The summed E-state index contributed by atoms with van der Waals surface area (Å²) < 4.78 is 10.8. The molecule has 0 aliphatic carbocycles. The van der Waals surface area contributed by atoms with E-state index in [-0.39, 0.29) is 6.04 Å². The molecule has 0 bridgehead atoms. The first kappa shape index (κ1) is 13.4. The van der Waals surface area contributed by atoms with Crippen molar-refractivity contribution in [1.29, 1.82) is 0 Å². The van der Waals surface area contributed by atoms with Gasteiger partial charge in [0, 0.05) is 18.8 Å². The van der Waals surface area contributed by atoms with Crippen LogP contribution in [0, 0.1) is 0 Å². The highest BCUT2D eigenvalue weighted by atomic mass is 16.5. The van der Waals surface area contributed by atoms with Crippen molar-refractivity contribution in [1.82, 2.24) is 15.5 Å². The fraction of sp³-hybridized carbons (Fsp3) is 0.385. The Hall–Kier alpha value is -2.08. The van der Waals surface area contributed by atoms with Gasteiger partial charge in [0.05, 0.1) is 13.2 Å². The van der Waals surface area contributed by atoms with Crippen molar-refractivity contribution in [2.24, 2.45) is 0 Å². The summed E-state index contributed by atoms with van der Waals surface area (Å²) in [4.78, 5) is 1.82. The van der Waals surface area contributed by atoms with Gasteiger partial charge in [-0.3, -0.25) is 4.90 Å². The zero-order valence-corrected chi connectivity index (χ0v) is 11.5. The normalized spacial score (nSPS) is 12.2. The van der Waals surface area contributed by atoms with Gasteiger partial charge in [-0.05, 0) is 26.1 Å². The van der Waals surface area contributed by atoms with E-state index in [2.05, 4.69) is 15.5 Å². The van der Waals surface area contributed by atoms with Crippen LogP contribution >= 0.6 is 0 Å². The summed E-state index contributed by atoms with van der Waals surface area (Å²) >= 11 is 0. The lowest BCUT2D eigenvalue weighted by Gasteiger charge is -2.14. The molecule has 0 fully saturated rings. The number of benzene rings is 1. The molecule has 1 aromatic carbocycles. The SMILES string of the molecule is CNC(C)c1nnc(N(C)c2cccc(OC)c2)o1. The Morgan fingerprint density at radius 2 is 2.16 bits per heavy atom. The smallest absolute Gasteiger partial charge is 0.322 e. The lowest BCUT2D eigenvalue weighted by Crippen LogP contribution is -2.12. The largest absolute Gasteiger partial charge is 0.497 e. The van der Waals surface area contributed by atoms with Crippen LogP contribution in [0.2, 0.25) is 0 Å². The molecule has 0 saturated carbocycles. The van der Waals surface area contributed by atoms with Crippen LogP contribution in [0.3, 0.4) is 0 Å². The number of hydrogen-bond acceptors (Lipinski definition) is 6. The van der Waals surface area contributed by atoms with Crippen LogP contribution in [-0.4, -0.2) is 31.4 Å². The fourth-order valence-electron chi connectivity index (χ4n) is 1.59. The number of rotatable bonds is 5. The van der Waals surface area contributed by atoms with Crippen molar-refractivity contribution in [2.75, 3.05) is 26.1 Å². The van der Waals surface area contributed by atoms with E-state index >= 15 is 0 Å². The van der Waals surface area contributed by atoms with Gasteiger partial charge in [0.2, 0.25) is 5.89 Å². The monoisotopic (exact) mass is 262 g/mol. The molecule has 0 saturated heterocycles. The van der Waals surface area contributed by atoms with Crippen molar-refractivity contribution < 1.29 is 9.15 Å². The van der Waals surface area contributed by atoms with E-state index in [1.54, 1.807) is 7.11 Å². The molecule has 0 spiro atoms. The van der Waals surface area contributed by atoms with Crippen molar-refractivity contribution >= 4 is 11.7 Å². The Balaban J connectivity index is 2.23. The van der Waals surface area contributed by atoms with E-state index in [1.807, 2.05) is 50.2 Å². The third kappa shape index (κ3) is 2.85. The van der Waals surface area contributed by atoms with Crippen LogP contribution in [-0.2, 0) is 0 Å². The van der Waals surface area contributed by atoms with Crippen molar-refractivity contribution in [3.05, 3.63) is 30.2 Å². The minimum absolute atomic E-state index is 0.0277. The highest BCUT2D eigenvalue weighted by Crippen LogP contribution is 2.26. The van der Waals surface area contributed by atoms with E-state index in [1.165, 1.54) is 0 Å². The van der Waals surface area contributed by atoms with Crippen molar-refractivity contribution in [3.8, 4) is 5.75 Å². The molecular weight excluding hydrogens is 244 g/mol.